The summed E-state index contributed by atoms with van der Waals surface area (Å²) < 4.78 is 11.2. The number of hydrogen-bond acceptors (Lipinski definition) is 6. The first kappa shape index (κ1) is 20.8. The van der Waals surface area contributed by atoms with E-state index >= 15 is 0 Å². The van der Waals surface area contributed by atoms with Crippen LogP contribution in [0.4, 0.5) is 5.13 Å². The van der Waals surface area contributed by atoms with Gasteiger partial charge in [-0.2, -0.15) is 0 Å². The van der Waals surface area contributed by atoms with Crippen LogP contribution in [0.15, 0.2) is 48.5 Å². The van der Waals surface area contributed by atoms with E-state index in [0.717, 1.165) is 21.5 Å². The van der Waals surface area contributed by atoms with Crippen molar-refractivity contribution in [3.8, 4) is 5.75 Å². The van der Waals surface area contributed by atoms with E-state index in [4.69, 9.17) is 9.47 Å². The summed E-state index contributed by atoms with van der Waals surface area (Å²) in [6, 6.07) is 15.2. The zero-order valence-electron chi connectivity index (χ0n) is 16.7. The molecule has 0 spiro atoms. The number of carbonyl (C=O) groups is 2. The predicted molar refractivity (Wildman–Crippen MR) is 114 cm³/mol. The number of methoxy groups -OCH3 is 1. The number of nitrogens with zero attached hydrogens (tertiary/aromatic N) is 1. The van der Waals surface area contributed by atoms with E-state index in [1.165, 1.54) is 11.3 Å². The first-order valence-electron chi connectivity index (χ1n) is 9.47. The van der Waals surface area contributed by atoms with Crippen LogP contribution in [0.1, 0.15) is 31.7 Å². The molecular weight excluding hydrogens is 388 g/mol. The Balaban J connectivity index is 1.82. The first-order chi connectivity index (χ1) is 14.0. The third-order valence-corrected chi connectivity index (χ3v) is 5.72. The van der Waals surface area contributed by atoms with Crippen molar-refractivity contribution in [2.45, 2.75) is 26.2 Å². The van der Waals surface area contributed by atoms with Crippen LogP contribution in [0.3, 0.4) is 0 Å². The molecule has 3 rings (SSSR count). The third kappa shape index (κ3) is 5.12. The predicted octanol–water partition coefficient (Wildman–Crippen LogP) is 4.62. The van der Waals surface area contributed by atoms with Crippen LogP contribution in [-0.4, -0.2) is 30.6 Å². The molecule has 152 valence electrons. The Bertz CT molecular complexity index is 987. The Morgan fingerprint density at radius 2 is 1.93 bits per heavy atom. The van der Waals surface area contributed by atoms with Crippen LogP contribution >= 0.6 is 11.3 Å². The summed E-state index contributed by atoms with van der Waals surface area (Å²) in [5, 5.41) is 3.38. The maximum Gasteiger partial charge on any atom is 0.306 e. The zero-order valence-corrected chi connectivity index (χ0v) is 17.5. The number of hydrogen-bond donors (Lipinski definition) is 1. The van der Waals surface area contributed by atoms with E-state index in [9.17, 15) is 9.59 Å². The molecule has 1 amide bonds. The Hall–Kier alpha value is -2.93. The fourth-order valence-corrected chi connectivity index (χ4v) is 4.07. The molecule has 2 atom stereocenters. The van der Waals surface area contributed by atoms with Crippen molar-refractivity contribution in [2.75, 3.05) is 19.0 Å². The van der Waals surface area contributed by atoms with Gasteiger partial charge in [-0.3, -0.25) is 9.59 Å². The van der Waals surface area contributed by atoms with E-state index < -0.39 is 5.92 Å². The lowest BCUT2D eigenvalue weighted by molar-refractivity contribution is -0.146. The molecule has 0 aliphatic rings. The summed E-state index contributed by atoms with van der Waals surface area (Å²) in [6.45, 7) is 3.98. The van der Waals surface area contributed by atoms with Gasteiger partial charge in [0.25, 0.3) is 0 Å². The van der Waals surface area contributed by atoms with Crippen molar-refractivity contribution in [3.63, 3.8) is 0 Å². The van der Waals surface area contributed by atoms with Crippen LogP contribution in [0.5, 0.6) is 5.75 Å². The van der Waals surface area contributed by atoms with Crippen molar-refractivity contribution < 1.29 is 19.1 Å². The molecule has 2 aromatic carbocycles. The average molecular weight is 413 g/mol. The van der Waals surface area contributed by atoms with Crippen LogP contribution in [0.2, 0.25) is 0 Å². The van der Waals surface area contributed by atoms with Crippen LogP contribution < -0.4 is 10.1 Å². The van der Waals surface area contributed by atoms with Crippen molar-refractivity contribution in [1.29, 1.82) is 0 Å². The number of anilines is 1. The summed E-state index contributed by atoms with van der Waals surface area (Å²) in [5.41, 5.74) is 1.77. The number of thiazole rings is 1. The van der Waals surface area contributed by atoms with Crippen LogP contribution in [-0.2, 0) is 14.3 Å². The largest absolute Gasteiger partial charge is 0.497 e. The van der Waals surface area contributed by atoms with Gasteiger partial charge in [-0.05, 0) is 36.6 Å². The Labute approximate surface area is 173 Å². The number of fused-ring (bicyclic) bond motifs is 1. The number of nitrogens with one attached hydrogen (secondary N) is 1. The van der Waals surface area contributed by atoms with Crippen molar-refractivity contribution in [3.05, 3.63) is 54.1 Å². The Morgan fingerprint density at radius 1 is 1.17 bits per heavy atom. The minimum atomic E-state index is -0.571. The van der Waals surface area contributed by atoms with Crippen molar-refractivity contribution in [2.24, 2.45) is 5.92 Å². The topological polar surface area (TPSA) is 77.5 Å². The molecular formula is C22H24N2O4S. The lowest BCUT2D eigenvalue weighted by Crippen LogP contribution is -2.30. The highest BCUT2D eigenvalue weighted by atomic mass is 32.1. The standard InChI is InChI=1S/C22H24N2O4S/c1-4-28-20(25)13-17(14(2)15-8-6-5-7-9-15)21(26)24-22-23-18-11-10-16(27-3)12-19(18)29-22/h5-12,14,17H,4,13H2,1-3H3,(H,23,24,26)/t14-,17-/m0/s1. The molecule has 3 aromatic rings. The van der Waals surface area contributed by atoms with Gasteiger partial charge in [0.15, 0.2) is 5.13 Å². The van der Waals surface area contributed by atoms with Crippen molar-refractivity contribution >= 4 is 38.6 Å². The number of aromatic nitrogens is 1. The van der Waals surface area contributed by atoms with E-state index in [1.54, 1.807) is 14.0 Å². The summed E-state index contributed by atoms with van der Waals surface area (Å²) >= 11 is 1.37. The molecule has 0 aliphatic carbocycles. The molecule has 1 aromatic heterocycles. The first-order valence-corrected chi connectivity index (χ1v) is 10.3. The highest BCUT2D eigenvalue weighted by Gasteiger charge is 2.30. The Kier molecular flexibility index (Phi) is 6.82. The lowest BCUT2D eigenvalue weighted by atomic mass is 9.84. The third-order valence-electron chi connectivity index (χ3n) is 4.78. The van der Waals surface area contributed by atoms with Gasteiger partial charge in [-0.25, -0.2) is 4.98 Å². The van der Waals surface area contributed by atoms with Gasteiger partial charge in [0.1, 0.15) is 5.75 Å². The second kappa shape index (κ2) is 9.52. The molecule has 1 N–H and O–H groups in total. The summed E-state index contributed by atoms with van der Waals surface area (Å²) in [4.78, 5) is 29.7. The van der Waals surface area contributed by atoms with E-state index in [2.05, 4.69) is 10.3 Å². The number of esters is 1. The molecule has 0 fully saturated rings. The maximum atomic E-state index is 13.1. The quantitative estimate of drug-likeness (QED) is 0.547. The van der Waals surface area contributed by atoms with E-state index in [-0.39, 0.29) is 30.8 Å². The van der Waals surface area contributed by atoms with Gasteiger partial charge in [0.05, 0.1) is 36.3 Å². The van der Waals surface area contributed by atoms with Gasteiger partial charge < -0.3 is 14.8 Å². The van der Waals surface area contributed by atoms with Gasteiger partial charge in [0.2, 0.25) is 5.91 Å². The van der Waals surface area contributed by atoms with Gasteiger partial charge in [-0.1, -0.05) is 48.6 Å². The number of ether oxygens (including phenoxy) is 2. The highest BCUT2D eigenvalue weighted by molar-refractivity contribution is 7.22. The zero-order chi connectivity index (χ0) is 20.8. The molecule has 0 saturated carbocycles. The molecule has 7 heteroatoms. The normalized spacial score (nSPS) is 12.9. The summed E-state index contributed by atoms with van der Waals surface area (Å²) in [5.74, 6) is -0.630. The van der Waals surface area contributed by atoms with Crippen molar-refractivity contribution in [1.82, 2.24) is 4.98 Å². The molecule has 0 unspecified atom stereocenters. The summed E-state index contributed by atoms with van der Waals surface area (Å²) in [6.07, 6.45) is 0.00839. The molecule has 6 nitrogen and oxygen atoms in total. The minimum absolute atomic E-state index is 0.00839. The van der Waals surface area contributed by atoms with E-state index in [0.29, 0.717) is 5.13 Å². The number of amides is 1. The average Bonchev–Trinajstić information content (AvgIpc) is 3.13. The van der Waals surface area contributed by atoms with Crippen LogP contribution in [0.25, 0.3) is 10.2 Å². The molecule has 1 heterocycles. The molecule has 0 aliphatic heterocycles. The number of rotatable bonds is 8. The number of carbonyl (C=O) groups excluding carboxylic acids is 2. The molecule has 0 radical (unpaired) electrons. The molecule has 0 bridgehead atoms. The fraction of sp³-hybridized carbons (Fsp3) is 0.318. The maximum absolute atomic E-state index is 13.1. The second-order valence-corrected chi connectivity index (χ2v) is 7.69. The smallest absolute Gasteiger partial charge is 0.306 e. The number of benzene rings is 2. The van der Waals surface area contributed by atoms with Gasteiger partial charge in [-0.15, -0.1) is 0 Å². The SMILES string of the molecule is CCOC(=O)C[C@H](C(=O)Nc1nc2ccc(OC)cc2s1)[C@@H](C)c1ccccc1. The van der Waals surface area contributed by atoms with Gasteiger partial charge >= 0.3 is 5.97 Å². The lowest BCUT2D eigenvalue weighted by Gasteiger charge is -2.22. The van der Waals surface area contributed by atoms with Gasteiger partial charge in [0, 0.05) is 0 Å². The summed E-state index contributed by atoms with van der Waals surface area (Å²) in [7, 11) is 1.61. The monoisotopic (exact) mass is 412 g/mol. The van der Waals surface area contributed by atoms with Crippen LogP contribution in [0, 0.1) is 5.92 Å². The second-order valence-electron chi connectivity index (χ2n) is 6.66. The minimum Gasteiger partial charge on any atom is -0.497 e. The molecule has 29 heavy (non-hydrogen) atoms. The highest BCUT2D eigenvalue weighted by Crippen LogP contribution is 2.32. The molecule has 0 saturated heterocycles. The fourth-order valence-electron chi connectivity index (χ4n) is 3.17. The Morgan fingerprint density at radius 3 is 2.62 bits per heavy atom. The van der Waals surface area contributed by atoms with E-state index in [1.807, 2.05) is 55.5 Å².